The van der Waals surface area contributed by atoms with Crippen molar-refractivity contribution < 1.29 is 14.0 Å². The molecule has 33 heavy (non-hydrogen) atoms. The second-order valence-electron chi connectivity index (χ2n) is 9.51. The van der Waals surface area contributed by atoms with Gasteiger partial charge in [0.25, 0.3) is 5.91 Å². The quantitative estimate of drug-likeness (QED) is 0.427. The third-order valence-electron chi connectivity index (χ3n) is 6.47. The predicted octanol–water partition coefficient (Wildman–Crippen LogP) is 6.07. The molecule has 1 fully saturated rings. The summed E-state index contributed by atoms with van der Waals surface area (Å²) in [5, 5.41) is 3.18. The number of amides is 3. The molecule has 2 aliphatic heterocycles. The molecule has 174 valence electrons. The smallest absolute Gasteiger partial charge is 0.329 e. The molecule has 2 heterocycles. The second-order valence-corrected chi connectivity index (χ2v) is 9.91. The predicted molar refractivity (Wildman–Crippen MR) is 130 cm³/mol. The van der Waals surface area contributed by atoms with Crippen molar-refractivity contribution in [3.63, 3.8) is 0 Å². The Hall–Kier alpha value is -2.86. The van der Waals surface area contributed by atoms with Gasteiger partial charge in [-0.2, -0.15) is 0 Å². The van der Waals surface area contributed by atoms with E-state index >= 15 is 0 Å². The van der Waals surface area contributed by atoms with E-state index < -0.39 is 11.9 Å². The van der Waals surface area contributed by atoms with Gasteiger partial charge in [-0.05, 0) is 79.6 Å². The maximum atomic E-state index is 13.2. The molecule has 3 amide bonds. The van der Waals surface area contributed by atoms with Crippen LogP contribution in [0.1, 0.15) is 63.1 Å². The van der Waals surface area contributed by atoms with Crippen LogP contribution in [0.2, 0.25) is 5.02 Å². The molecule has 7 heteroatoms. The van der Waals surface area contributed by atoms with Crippen molar-refractivity contribution in [3.05, 3.63) is 69.6 Å². The molecule has 0 spiro atoms. The van der Waals surface area contributed by atoms with Crippen molar-refractivity contribution in [2.45, 2.75) is 58.5 Å². The van der Waals surface area contributed by atoms with E-state index in [1.807, 2.05) is 12.1 Å². The third-order valence-corrected chi connectivity index (χ3v) is 6.79. The first-order chi connectivity index (χ1) is 15.6. The van der Waals surface area contributed by atoms with Crippen molar-refractivity contribution >= 4 is 35.3 Å². The summed E-state index contributed by atoms with van der Waals surface area (Å²) in [6.07, 6.45) is 3.69. The molecule has 0 aromatic heterocycles. The van der Waals surface area contributed by atoms with Gasteiger partial charge in [-0.3, -0.25) is 9.69 Å². The van der Waals surface area contributed by atoms with Gasteiger partial charge in [0, 0.05) is 22.8 Å². The number of benzene rings is 2. The van der Waals surface area contributed by atoms with Crippen molar-refractivity contribution in [2.75, 3.05) is 11.4 Å². The Bertz CT molecular complexity index is 1130. The molecule has 2 aliphatic rings. The summed E-state index contributed by atoms with van der Waals surface area (Å²) >= 11 is 6.67. The summed E-state index contributed by atoms with van der Waals surface area (Å²) in [4.78, 5) is 28.9. The lowest BCUT2D eigenvalue weighted by Gasteiger charge is -2.47. The minimum absolute atomic E-state index is 0.0297. The molecular weight excluding hydrogens is 441 g/mol. The molecule has 0 aliphatic carbocycles. The lowest BCUT2D eigenvalue weighted by Crippen LogP contribution is -2.48. The highest BCUT2D eigenvalue weighted by molar-refractivity contribution is 6.32. The Kier molecular flexibility index (Phi) is 6.23. The van der Waals surface area contributed by atoms with Crippen molar-refractivity contribution in [3.8, 4) is 0 Å². The zero-order valence-electron chi connectivity index (χ0n) is 19.4. The molecule has 1 saturated heterocycles. The van der Waals surface area contributed by atoms with Crippen LogP contribution in [0.5, 0.6) is 0 Å². The molecule has 0 saturated carbocycles. The fourth-order valence-electron chi connectivity index (χ4n) is 4.92. The monoisotopic (exact) mass is 469 g/mol. The standard InChI is InChI=1S/C26H29ClFN3O2/c1-5-10-31-23-13-21(27)18(11-20(23)16(2)14-26(31,3)4)12-22-24(32)30(25(33)29-22)15-17-6-8-19(28)9-7-17/h6-9,11-13,16H,5,10,14-15H2,1-4H3,(H,29,33)/b22-12+. The number of carbonyl (C=O) groups is 2. The van der Waals surface area contributed by atoms with Gasteiger partial charge in [0.2, 0.25) is 0 Å². The third kappa shape index (κ3) is 4.49. The van der Waals surface area contributed by atoms with Gasteiger partial charge < -0.3 is 10.2 Å². The highest BCUT2D eigenvalue weighted by Gasteiger charge is 2.37. The number of hydrogen-bond acceptors (Lipinski definition) is 3. The zero-order chi connectivity index (χ0) is 23.9. The van der Waals surface area contributed by atoms with Crippen LogP contribution in [0.3, 0.4) is 0 Å². The number of hydrogen-bond donors (Lipinski definition) is 1. The molecular formula is C26H29ClFN3O2. The molecule has 5 nitrogen and oxygen atoms in total. The van der Waals surface area contributed by atoms with E-state index in [2.05, 4.69) is 37.9 Å². The summed E-state index contributed by atoms with van der Waals surface area (Å²) in [5.41, 5.74) is 3.90. The molecule has 4 rings (SSSR count). The van der Waals surface area contributed by atoms with E-state index in [0.717, 1.165) is 30.0 Å². The number of halogens is 2. The van der Waals surface area contributed by atoms with Gasteiger partial charge in [0.05, 0.1) is 6.54 Å². The van der Waals surface area contributed by atoms with Crippen molar-refractivity contribution in [1.82, 2.24) is 10.2 Å². The van der Waals surface area contributed by atoms with Gasteiger partial charge >= 0.3 is 6.03 Å². The molecule has 2 aromatic rings. The number of carbonyl (C=O) groups excluding carboxylic acids is 2. The average Bonchev–Trinajstić information content (AvgIpc) is 3.00. The van der Waals surface area contributed by atoms with Crippen LogP contribution in [0.25, 0.3) is 6.08 Å². The Morgan fingerprint density at radius 1 is 1.21 bits per heavy atom. The van der Waals surface area contributed by atoms with E-state index in [0.29, 0.717) is 22.1 Å². The van der Waals surface area contributed by atoms with E-state index in [9.17, 15) is 14.0 Å². The van der Waals surface area contributed by atoms with Crippen molar-refractivity contribution in [2.24, 2.45) is 0 Å². The van der Waals surface area contributed by atoms with Crippen molar-refractivity contribution in [1.29, 1.82) is 0 Å². The topological polar surface area (TPSA) is 52.7 Å². The fraction of sp³-hybridized carbons (Fsp3) is 0.385. The minimum atomic E-state index is -0.506. The molecule has 0 radical (unpaired) electrons. The lowest BCUT2D eigenvalue weighted by atomic mass is 9.79. The van der Waals surface area contributed by atoms with Crippen LogP contribution in [0.15, 0.2) is 42.1 Å². The Balaban J connectivity index is 1.64. The van der Waals surface area contributed by atoms with Crippen LogP contribution in [0, 0.1) is 5.82 Å². The van der Waals surface area contributed by atoms with E-state index in [1.54, 1.807) is 18.2 Å². The van der Waals surface area contributed by atoms with Crippen LogP contribution in [-0.4, -0.2) is 28.9 Å². The second kappa shape index (κ2) is 8.82. The number of nitrogens with one attached hydrogen (secondary N) is 1. The molecule has 1 atom stereocenters. The van der Waals surface area contributed by atoms with Gasteiger partial charge in [-0.15, -0.1) is 0 Å². The van der Waals surface area contributed by atoms with Crippen LogP contribution < -0.4 is 10.2 Å². The summed E-state index contributed by atoms with van der Waals surface area (Å²) < 4.78 is 13.2. The number of fused-ring (bicyclic) bond motifs is 1. The number of imide groups is 1. The average molecular weight is 470 g/mol. The van der Waals surface area contributed by atoms with Gasteiger partial charge in [0.1, 0.15) is 11.5 Å². The summed E-state index contributed by atoms with van der Waals surface area (Å²) in [7, 11) is 0. The Labute approximate surface area is 199 Å². The SMILES string of the molecule is CCCN1c2cc(Cl)c(/C=C3/NC(=O)N(Cc4ccc(F)cc4)C3=O)cc2C(C)CC1(C)C. The molecule has 1 unspecified atom stereocenters. The normalized spacial score (nSPS) is 20.9. The fourth-order valence-corrected chi connectivity index (χ4v) is 5.13. The van der Waals surface area contributed by atoms with Gasteiger partial charge in [-0.25, -0.2) is 9.18 Å². The van der Waals surface area contributed by atoms with E-state index in [-0.39, 0.29) is 23.6 Å². The molecule has 1 N–H and O–H groups in total. The number of rotatable bonds is 5. The van der Waals surface area contributed by atoms with E-state index in [1.165, 1.54) is 17.7 Å². The first-order valence-electron chi connectivity index (χ1n) is 11.3. The van der Waals surface area contributed by atoms with Crippen LogP contribution in [-0.2, 0) is 11.3 Å². The summed E-state index contributed by atoms with van der Waals surface area (Å²) in [5.74, 6) is -0.463. The van der Waals surface area contributed by atoms with Crippen LogP contribution >= 0.6 is 11.6 Å². The summed E-state index contributed by atoms with van der Waals surface area (Å²) in [6.45, 7) is 9.90. The highest BCUT2D eigenvalue weighted by Crippen LogP contribution is 2.45. The maximum absolute atomic E-state index is 13.2. The Morgan fingerprint density at radius 3 is 2.58 bits per heavy atom. The Morgan fingerprint density at radius 2 is 1.91 bits per heavy atom. The first-order valence-corrected chi connectivity index (χ1v) is 11.7. The van der Waals surface area contributed by atoms with Gasteiger partial charge in [0.15, 0.2) is 0 Å². The number of nitrogens with zero attached hydrogens (tertiary/aromatic N) is 2. The van der Waals surface area contributed by atoms with E-state index in [4.69, 9.17) is 11.6 Å². The highest BCUT2D eigenvalue weighted by atomic mass is 35.5. The lowest BCUT2D eigenvalue weighted by molar-refractivity contribution is -0.123. The molecule has 2 aromatic carbocycles. The zero-order valence-corrected chi connectivity index (χ0v) is 20.2. The summed E-state index contributed by atoms with van der Waals surface area (Å²) in [6, 6.07) is 9.24. The van der Waals surface area contributed by atoms with Crippen LogP contribution in [0.4, 0.5) is 14.9 Å². The number of anilines is 1. The number of urea groups is 1. The minimum Gasteiger partial charge on any atom is -0.366 e. The maximum Gasteiger partial charge on any atom is 0.329 e. The molecule has 0 bridgehead atoms. The largest absolute Gasteiger partial charge is 0.366 e. The first kappa shape index (κ1) is 23.3. The van der Waals surface area contributed by atoms with Gasteiger partial charge in [-0.1, -0.05) is 37.6 Å².